The highest BCUT2D eigenvalue weighted by Gasteiger charge is 2.30. The fourth-order valence-corrected chi connectivity index (χ4v) is 2.68. The van der Waals surface area contributed by atoms with E-state index in [1.54, 1.807) is 0 Å². The van der Waals surface area contributed by atoms with Crippen LogP contribution in [0.2, 0.25) is 0 Å². The number of nitrogens with zero attached hydrogens (tertiary/aromatic N) is 1. The Hall–Kier alpha value is -0.280. The van der Waals surface area contributed by atoms with Crippen molar-refractivity contribution in [3.8, 4) is 0 Å². The lowest BCUT2D eigenvalue weighted by atomic mass is 9.77. The number of halogens is 1. The van der Waals surface area contributed by atoms with Crippen LogP contribution >= 0.6 is 12.4 Å². The average molecular weight is 291 g/mol. The molecule has 0 aromatic carbocycles. The second kappa shape index (κ2) is 7.49. The van der Waals surface area contributed by atoms with Crippen molar-refractivity contribution in [2.75, 3.05) is 13.1 Å². The lowest BCUT2D eigenvalue weighted by Crippen LogP contribution is -2.46. The van der Waals surface area contributed by atoms with Crippen LogP contribution in [-0.2, 0) is 4.79 Å². The molecule has 1 fully saturated rings. The molecule has 0 saturated carbocycles. The van der Waals surface area contributed by atoms with Gasteiger partial charge in [-0.25, -0.2) is 0 Å². The Morgan fingerprint density at radius 3 is 2.26 bits per heavy atom. The molecule has 2 unspecified atom stereocenters. The summed E-state index contributed by atoms with van der Waals surface area (Å²) in [6, 6.07) is -0.337. The molecule has 1 aliphatic rings. The van der Waals surface area contributed by atoms with Gasteiger partial charge in [-0.2, -0.15) is 0 Å². The average Bonchev–Trinajstić information content (AvgIpc) is 2.51. The van der Waals surface area contributed by atoms with Crippen molar-refractivity contribution in [3.05, 3.63) is 0 Å². The monoisotopic (exact) mass is 290 g/mol. The summed E-state index contributed by atoms with van der Waals surface area (Å²) in [5, 5.41) is 0. The first-order valence-corrected chi connectivity index (χ1v) is 7.28. The quantitative estimate of drug-likeness (QED) is 0.849. The third-order valence-electron chi connectivity index (χ3n) is 4.27. The van der Waals surface area contributed by atoms with Crippen LogP contribution < -0.4 is 5.73 Å². The number of amides is 1. The molecule has 2 atom stereocenters. The van der Waals surface area contributed by atoms with Crippen LogP contribution in [-0.4, -0.2) is 29.9 Å². The minimum Gasteiger partial charge on any atom is -0.341 e. The van der Waals surface area contributed by atoms with Crippen LogP contribution in [0, 0.1) is 17.3 Å². The van der Waals surface area contributed by atoms with Crippen LogP contribution in [0.3, 0.4) is 0 Å². The topological polar surface area (TPSA) is 46.3 Å². The minimum atomic E-state index is -0.337. The fourth-order valence-electron chi connectivity index (χ4n) is 2.68. The summed E-state index contributed by atoms with van der Waals surface area (Å²) in [6.45, 7) is 12.7. The van der Waals surface area contributed by atoms with Gasteiger partial charge in [0, 0.05) is 13.1 Å². The van der Waals surface area contributed by atoms with E-state index in [1.165, 1.54) is 6.42 Å². The summed E-state index contributed by atoms with van der Waals surface area (Å²) >= 11 is 0. The summed E-state index contributed by atoms with van der Waals surface area (Å²) in [7, 11) is 0. The van der Waals surface area contributed by atoms with E-state index in [0.29, 0.717) is 11.3 Å². The van der Waals surface area contributed by atoms with E-state index in [4.69, 9.17) is 5.73 Å². The molecule has 0 aromatic heterocycles. The largest absolute Gasteiger partial charge is 0.341 e. The van der Waals surface area contributed by atoms with E-state index in [1.807, 2.05) is 18.7 Å². The van der Waals surface area contributed by atoms with E-state index < -0.39 is 0 Å². The number of carbonyl (C=O) groups is 1. The smallest absolute Gasteiger partial charge is 0.239 e. The molecule has 0 aromatic rings. The lowest BCUT2D eigenvalue weighted by molar-refractivity contribution is -0.133. The van der Waals surface area contributed by atoms with Gasteiger partial charge in [-0.1, -0.05) is 34.6 Å². The highest BCUT2D eigenvalue weighted by molar-refractivity contribution is 5.85. The van der Waals surface area contributed by atoms with E-state index in [0.717, 1.165) is 25.9 Å². The maximum atomic E-state index is 12.2. The van der Waals surface area contributed by atoms with Crippen molar-refractivity contribution in [1.29, 1.82) is 0 Å². The molecule has 1 amide bonds. The van der Waals surface area contributed by atoms with Crippen LogP contribution in [0.15, 0.2) is 0 Å². The summed E-state index contributed by atoms with van der Waals surface area (Å²) < 4.78 is 0. The highest BCUT2D eigenvalue weighted by atomic mass is 35.5. The molecule has 0 radical (unpaired) electrons. The van der Waals surface area contributed by atoms with Gasteiger partial charge in [0.2, 0.25) is 5.91 Å². The van der Waals surface area contributed by atoms with Crippen LogP contribution in [0.25, 0.3) is 0 Å². The molecule has 0 aliphatic carbocycles. The SMILES string of the molecule is CC(C)C(N)C(=O)N1CCCC(C(C)(C)C)CC1.Cl. The van der Waals surface area contributed by atoms with Crippen molar-refractivity contribution >= 4 is 18.3 Å². The van der Waals surface area contributed by atoms with Crippen molar-refractivity contribution < 1.29 is 4.79 Å². The number of likely N-dealkylation sites (tertiary alicyclic amines) is 1. The zero-order chi connectivity index (χ0) is 13.9. The fraction of sp³-hybridized carbons (Fsp3) is 0.933. The third kappa shape index (κ3) is 5.31. The Morgan fingerprint density at radius 2 is 1.79 bits per heavy atom. The van der Waals surface area contributed by atoms with Gasteiger partial charge in [-0.15, -0.1) is 12.4 Å². The van der Waals surface area contributed by atoms with Gasteiger partial charge in [-0.3, -0.25) is 4.79 Å². The van der Waals surface area contributed by atoms with Crippen LogP contribution in [0.5, 0.6) is 0 Å². The van der Waals surface area contributed by atoms with Gasteiger partial charge < -0.3 is 10.6 Å². The summed E-state index contributed by atoms with van der Waals surface area (Å²) in [6.07, 6.45) is 3.45. The zero-order valence-corrected chi connectivity index (χ0v) is 13.9. The highest BCUT2D eigenvalue weighted by Crippen LogP contribution is 2.34. The molecule has 1 aliphatic heterocycles. The van der Waals surface area contributed by atoms with E-state index in [-0.39, 0.29) is 30.3 Å². The van der Waals surface area contributed by atoms with Gasteiger partial charge in [0.15, 0.2) is 0 Å². The first-order valence-electron chi connectivity index (χ1n) is 7.28. The standard InChI is InChI=1S/C15H30N2O.ClH/c1-11(2)13(16)14(18)17-9-6-7-12(8-10-17)15(3,4)5;/h11-13H,6-10,16H2,1-5H3;1H. The third-order valence-corrected chi connectivity index (χ3v) is 4.27. The van der Waals surface area contributed by atoms with Gasteiger partial charge >= 0.3 is 0 Å². The summed E-state index contributed by atoms with van der Waals surface area (Å²) in [4.78, 5) is 14.2. The Balaban J connectivity index is 0.00000324. The van der Waals surface area contributed by atoms with E-state index in [9.17, 15) is 4.79 Å². The molecule has 1 heterocycles. The van der Waals surface area contributed by atoms with E-state index in [2.05, 4.69) is 20.8 Å². The first kappa shape index (κ1) is 18.7. The predicted octanol–water partition coefficient (Wildman–Crippen LogP) is 3.07. The Bertz CT molecular complexity index is 286. The normalized spacial score (nSPS) is 22.7. The number of carbonyl (C=O) groups excluding carboxylic acids is 1. The molecule has 1 rings (SSSR count). The van der Waals surface area contributed by atoms with Crippen molar-refractivity contribution in [3.63, 3.8) is 0 Å². The van der Waals surface area contributed by atoms with Crippen LogP contribution in [0.1, 0.15) is 53.9 Å². The molecule has 114 valence electrons. The molecular weight excluding hydrogens is 260 g/mol. The van der Waals surface area contributed by atoms with Gasteiger partial charge in [-0.05, 0) is 36.5 Å². The number of nitrogens with two attached hydrogens (primary N) is 1. The van der Waals surface area contributed by atoms with Gasteiger partial charge in [0.1, 0.15) is 0 Å². The molecule has 0 bridgehead atoms. The van der Waals surface area contributed by atoms with Gasteiger partial charge in [0.05, 0.1) is 6.04 Å². The van der Waals surface area contributed by atoms with Crippen molar-refractivity contribution in [2.24, 2.45) is 23.0 Å². The molecule has 3 nitrogen and oxygen atoms in total. The molecule has 4 heteroatoms. The predicted molar refractivity (Wildman–Crippen MR) is 83.4 cm³/mol. The molecule has 2 N–H and O–H groups in total. The second-order valence-corrected chi connectivity index (χ2v) is 7.09. The van der Waals surface area contributed by atoms with E-state index >= 15 is 0 Å². The molecular formula is C15H31ClN2O. The Kier molecular flexibility index (Phi) is 7.38. The van der Waals surface area contributed by atoms with Gasteiger partial charge in [0.25, 0.3) is 0 Å². The van der Waals surface area contributed by atoms with Crippen molar-refractivity contribution in [2.45, 2.75) is 59.9 Å². The lowest BCUT2D eigenvalue weighted by Gasteiger charge is -2.30. The summed E-state index contributed by atoms with van der Waals surface area (Å²) in [5.74, 6) is 1.07. The molecule has 0 spiro atoms. The van der Waals surface area contributed by atoms with Crippen molar-refractivity contribution in [1.82, 2.24) is 4.90 Å². The summed E-state index contributed by atoms with van der Waals surface area (Å²) in [5.41, 5.74) is 6.32. The first-order chi connectivity index (χ1) is 8.23. The second-order valence-electron chi connectivity index (χ2n) is 7.09. The Morgan fingerprint density at radius 1 is 1.21 bits per heavy atom. The number of hydrogen-bond donors (Lipinski definition) is 1. The maximum Gasteiger partial charge on any atom is 0.239 e. The Labute approximate surface area is 124 Å². The number of hydrogen-bond acceptors (Lipinski definition) is 2. The maximum absolute atomic E-state index is 12.2. The van der Waals surface area contributed by atoms with Crippen LogP contribution in [0.4, 0.5) is 0 Å². The zero-order valence-electron chi connectivity index (χ0n) is 13.1. The molecule has 1 saturated heterocycles. The minimum absolute atomic E-state index is 0. The molecule has 19 heavy (non-hydrogen) atoms. The number of rotatable bonds is 2.